The van der Waals surface area contributed by atoms with E-state index in [0.717, 1.165) is 10.0 Å². The molecule has 0 spiro atoms. The molecule has 0 aliphatic carbocycles. The number of rotatable bonds is 6. The summed E-state index contributed by atoms with van der Waals surface area (Å²) >= 11 is 9.72. The summed E-state index contributed by atoms with van der Waals surface area (Å²) in [6.45, 7) is 0.355. The molecule has 5 rings (SSSR count). The van der Waals surface area contributed by atoms with Crippen LogP contribution in [0.25, 0.3) is 22.3 Å². The van der Waals surface area contributed by atoms with Crippen molar-refractivity contribution in [2.24, 2.45) is 0 Å². The summed E-state index contributed by atoms with van der Waals surface area (Å²) in [5.41, 5.74) is 2.85. The maximum Gasteiger partial charge on any atom is 0.297 e. The number of amides is 1. The number of hydrogen-bond acceptors (Lipinski definition) is 11. The molecule has 1 fully saturated rings. The number of halogens is 2. The number of nitrogens with zero attached hydrogens (tertiary/aromatic N) is 6. The molecular formula is C21H22BrClN8O5. The van der Waals surface area contributed by atoms with E-state index in [1.165, 1.54) is 17.9 Å². The molecule has 1 aliphatic heterocycles. The zero-order chi connectivity index (χ0) is 25.7. The number of aliphatic hydroxyl groups excluding tert-OH is 2. The molecule has 3 aromatic heterocycles. The minimum Gasteiger partial charge on any atom is -0.422 e. The summed E-state index contributed by atoms with van der Waals surface area (Å²) in [7, 11) is 5.11. The molecule has 1 aromatic carbocycles. The van der Waals surface area contributed by atoms with Crippen molar-refractivity contribution in [1.29, 1.82) is 0 Å². The minimum atomic E-state index is -1.43. The first kappa shape index (κ1) is 24.6. The van der Waals surface area contributed by atoms with Gasteiger partial charge in [0, 0.05) is 27.7 Å². The molecule has 4 heterocycles. The highest BCUT2D eigenvalue weighted by Crippen LogP contribution is 2.34. The van der Waals surface area contributed by atoms with E-state index in [9.17, 15) is 15.0 Å². The number of carbonyl (C=O) groups is 1. The third kappa shape index (κ3) is 4.24. The van der Waals surface area contributed by atoms with E-state index in [-0.39, 0.29) is 10.9 Å². The van der Waals surface area contributed by atoms with E-state index in [0.29, 0.717) is 35.0 Å². The third-order valence-corrected chi connectivity index (χ3v) is 6.51. The molecule has 1 saturated heterocycles. The van der Waals surface area contributed by atoms with Crippen LogP contribution in [0.4, 0.5) is 11.8 Å². The number of likely N-dealkylation sites (N-methyl/N-ethyl adjacent to an activating group) is 1. The van der Waals surface area contributed by atoms with Crippen LogP contribution in [0.15, 0.2) is 27.3 Å². The topological polar surface area (TPSA) is 164 Å². The van der Waals surface area contributed by atoms with Gasteiger partial charge in [-0.1, -0.05) is 0 Å². The first-order valence-corrected chi connectivity index (χ1v) is 12.0. The molecule has 13 nitrogen and oxygen atoms in total. The lowest BCUT2D eigenvalue weighted by Gasteiger charge is -2.16. The molecule has 0 saturated carbocycles. The van der Waals surface area contributed by atoms with Gasteiger partial charge in [-0.05, 0) is 45.2 Å². The fourth-order valence-electron chi connectivity index (χ4n) is 3.96. The van der Waals surface area contributed by atoms with Gasteiger partial charge >= 0.3 is 0 Å². The van der Waals surface area contributed by atoms with Crippen LogP contribution in [-0.4, -0.2) is 80.1 Å². The van der Waals surface area contributed by atoms with E-state index < -0.39 is 30.4 Å². The van der Waals surface area contributed by atoms with Gasteiger partial charge in [0.25, 0.3) is 11.9 Å². The number of carbonyl (C=O) groups excluding carboxylic acids is 1. The number of nitrogens with one attached hydrogen (secondary N) is 2. The third-order valence-electron chi connectivity index (χ3n) is 5.75. The molecule has 36 heavy (non-hydrogen) atoms. The maximum absolute atomic E-state index is 12.0. The van der Waals surface area contributed by atoms with Crippen LogP contribution in [0.1, 0.15) is 11.8 Å². The average Bonchev–Trinajstić information content (AvgIpc) is 3.54. The normalized spacial score (nSPS) is 21.9. The van der Waals surface area contributed by atoms with Crippen molar-refractivity contribution >= 4 is 67.5 Å². The zero-order valence-electron chi connectivity index (χ0n) is 19.3. The van der Waals surface area contributed by atoms with Crippen LogP contribution < -0.4 is 15.5 Å². The lowest BCUT2D eigenvalue weighted by Crippen LogP contribution is -2.41. The monoisotopic (exact) mass is 580 g/mol. The molecule has 15 heteroatoms. The van der Waals surface area contributed by atoms with E-state index in [1.807, 2.05) is 26.2 Å². The van der Waals surface area contributed by atoms with Gasteiger partial charge < -0.3 is 34.9 Å². The van der Waals surface area contributed by atoms with Crippen LogP contribution in [0.3, 0.4) is 0 Å². The second-order valence-corrected chi connectivity index (χ2v) is 9.57. The Morgan fingerprint density at radius 3 is 2.75 bits per heavy atom. The first-order valence-electron chi connectivity index (χ1n) is 10.8. The maximum atomic E-state index is 12.0. The Hall–Kier alpha value is -3.04. The quantitative estimate of drug-likeness (QED) is 0.244. The Bertz CT molecular complexity index is 1460. The van der Waals surface area contributed by atoms with E-state index in [2.05, 4.69) is 46.5 Å². The number of benzene rings is 1. The summed E-state index contributed by atoms with van der Waals surface area (Å²) in [4.78, 5) is 31.1. The van der Waals surface area contributed by atoms with Crippen LogP contribution >= 0.6 is 27.5 Å². The summed E-state index contributed by atoms with van der Waals surface area (Å²) in [5.74, 6) is -0.207. The molecule has 0 unspecified atom stereocenters. The van der Waals surface area contributed by atoms with Gasteiger partial charge in [-0.3, -0.25) is 9.36 Å². The lowest BCUT2D eigenvalue weighted by atomic mass is 10.1. The highest BCUT2D eigenvalue weighted by molar-refractivity contribution is 9.10. The minimum absolute atomic E-state index is 0.0635. The Labute approximate surface area is 217 Å². The van der Waals surface area contributed by atoms with Gasteiger partial charge in [-0.25, -0.2) is 4.98 Å². The van der Waals surface area contributed by atoms with Gasteiger partial charge in [-0.2, -0.15) is 15.0 Å². The van der Waals surface area contributed by atoms with E-state index >= 15 is 0 Å². The molecule has 4 atom stereocenters. The Balaban J connectivity index is 1.43. The van der Waals surface area contributed by atoms with Gasteiger partial charge in [-0.15, -0.1) is 0 Å². The number of aromatic nitrogens is 5. The van der Waals surface area contributed by atoms with Crippen LogP contribution in [0, 0.1) is 0 Å². The van der Waals surface area contributed by atoms with Gasteiger partial charge in [0.2, 0.25) is 5.28 Å². The van der Waals surface area contributed by atoms with Crippen molar-refractivity contribution in [3.63, 3.8) is 0 Å². The van der Waals surface area contributed by atoms with Crippen molar-refractivity contribution in [2.75, 3.05) is 31.4 Å². The Kier molecular flexibility index (Phi) is 6.46. The fourth-order valence-corrected chi connectivity index (χ4v) is 4.70. The van der Waals surface area contributed by atoms with Crippen molar-refractivity contribution in [1.82, 2.24) is 29.8 Å². The Morgan fingerprint density at radius 1 is 1.25 bits per heavy atom. The predicted octanol–water partition coefficient (Wildman–Crippen LogP) is 1.43. The second-order valence-electron chi connectivity index (χ2n) is 8.38. The lowest BCUT2D eigenvalue weighted by molar-refractivity contribution is -0.137. The highest BCUT2D eigenvalue weighted by Gasteiger charge is 2.47. The largest absolute Gasteiger partial charge is 0.422 e. The predicted molar refractivity (Wildman–Crippen MR) is 134 cm³/mol. The van der Waals surface area contributed by atoms with Crippen LogP contribution in [-0.2, 0) is 16.1 Å². The number of anilines is 2. The van der Waals surface area contributed by atoms with Gasteiger partial charge in [0.1, 0.15) is 17.7 Å². The number of fused-ring (bicyclic) bond motifs is 2. The number of aliphatic hydroxyl groups is 2. The zero-order valence-corrected chi connectivity index (χ0v) is 21.6. The number of ether oxygens (including phenoxy) is 1. The van der Waals surface area contributed by atoms with Crippen LogP contribution in [0.2, 0.25) is 5.28 Å². The molecule has 4 aromatic rings. The molecular weight excluding hydrogens is 560 g/mol. The van der Waals surface area contributed by atoms with E-state index in [1.54, 1.807) is 4.90 Å². The molecule has 0 radical (unpaired) electrons. The van der Waals surface area contributed by atoms with Crippen molar-refractivity contribution in [3.05, 3.63) is 33.8 Å². The van der Waals surface area contributed by atoms with Crippen molar-refractivity contribution in [2.45, 2.75) is 31.1 Å². The smallest absolute Gasteiger partial charge is 0.297 e. The first-order chi connectivity index (χ1) is 17.2. The van der Waals surface area contributed by atoms with E-state index in [4.69, 9.17) is 20.8 Å². The van der Waals surface area contributed by atoms with Gasteiger partial charge in [0.15, 0.2) is 34.9 Å². The van der Waals surface area contributed by atoms with Crippen molar-refractivity contribution < 1.29 is 24.2 Å². The number of hydrogen-bond donors (Lipinski definition) is 4. The van der Waals surface area contributed by atoms with Crippen LogP contribution in [0.5, 0.6) is 0 Å². The molecule has 4 N–H and O–H groups in total. The SMILES string of the molecule is CNC(=O)[C@H]1O[C@@H](n2cnc3c(NCc4cc(Br)c5oc(N(C)C)nc5c4)nc(Cl)nc32)[C@H](O)[C@@H]1O. The number of oxazole rings is 1. The molecule has 1 aliphatic rings. The fraction of sp³-hybridized carbons (Fsp3) is 0.381. The molecule has 0 bridgehead atoms. The standard InChI is InChI=1S/C21H22BrClN8O5/c1-24-18(34)15-12(32)13(33)19(35-15)31-7-26-11-16(28-20(23)29-17(11)31)25-6-8-4-9(22)14-10(5-8)27-21(36-14)30(2)3/h4-5,7,12-13,15,19,32-33H,6H2,1-3H3,(H,24,34)(H,25,28,29)/t12-,13+,15-,19+/m0/s1. The highest BCUT2D eigenvalue weighted by atomic mass is 79.9. The molecule has 1 amide bonds. The Morgan fingerprint density at radius 2 is 2.03 bits per heavy atom. The number of imidazole rings is 1. The average molecular weight is 582 g/mol. The van der Waals surface area contributed by atoms with Crippen molar-refractivity contribution in [3.8, 4) is 0 Å². The molecule has 190 valence electrons. The summed E-state index contributed by atoms with van der Waals surface area (Å²) in [6, 6.07) is 4.29. The van der Waals surface area contributed by atoms with Gasteiger partial charge in [0.05, 0.1) is 10.8 Å². The summed E-state index contributed by atoms with van der Waals surface area (Å²) in [6.07, 6.45) is -3.80. The summed E-state index contributed by atoms with van der Waals surface area (Å²) < 4.78 is 13.6. The second kappa shape index (κ2) is 9.44. The summed E-state index contributed by atoms with van der Waals surface area (Å²) in [5, 5.41) is 26.4.